The number of hydrogen-bond donors (Lipinski definition) is 2. The van der Waals surface area contributed by atoms with Gasteiger partial charge in [0.2, 0.25) is 5.91 Å². The lowest BCUT2D eigenvalue weighted by atomic mass is 10.00. The molecule has 24 heavy (non-hydrogen) atoms. The SMILES string of the molecule is CCn1cc(C2CC(C(=O)NCC(C)C)N(C)S(=O)(=O)N2)c(C)n1. The second-order valence-electron chi connectivity index (χ2n) is 6.61. The van der Waals surface area contributed by atoms with E-state index in [-0.39, 0.29) is 5.91 Å². The third-order valence-corrected chi connectivity index (χ3v) is 5.83. The highest BCUT2D eigenvalue weighted by atomic mass is 32.2. The van der Waals surface area contributed by atoms with Gasteiger partial charge in [0.25, 0.3) is 10.2 Å². The van der Waals surface area contributed by atoms with Crippen LogP contribution in [0.1, 0.15) is 44.5 Å². The van der Waals surface area contributed by atoms with Gasteiger partial charge >= 0.3 is 0 Å². The molecule has 1 aromatic rings. The second-order valence-corrected chi connectivity index (χ2v) is 8.37. The smallest absolute Gasteiger partial charge is 0.280 e. The minimum atomic E-state index is -3.72. The van der Waals surface area contributed by atoms with Crippen LogP contribution in [0.3, 0.4) is 0 Å². The van der Waals surface area contributed by atoms with Crippen LogP contribution in [0.2, 0.25) is 0 Å². The minimum Gasteiger partial charge on any atom is -0.354 e. The number of aromatic nitrogens is 2. The first-order valence-corrected chi connectivity index (χ1v) is 9.66. The van der Waals surface area contributed by atoms with Crippen LogP contribution >= 0.6 is 0 Å². The van der Waals surface area contributed by atoms with E-state index in [0.717, 1.165) is 15.6 Å². The minimum absolute atomic E-state index is 0.262. The quantitative estimate of drug-likeness (QED) is 0.805. The number of rotatable bonds is 5. The second kappa shape index (κ2) is 7.20. The van der Waals surface area contributed by atoms with Gasteiger partial charge in [-0.3, -0.25) is 9.48 Å². The summed E-state index contributed by atoms with van der Waals surface area (Å²) in [4.78, 5) is 12.5. The van der Waals surface area contributed by atoms with Crippen molar-refractivity contribution in [3.8, 4) is 0 Å². The molecule has 1 aliphatic rings. The summed E-state index contributed by atoms with van der Waals surface area (Å²) in [5.41, 5.74) is 1.59. The van der Waals surface area contributed by atoms with Gasteiger partial charge in [0.15, 0.2) is 0 Å². The number of hydrogen-bond acceptors (Lipinski definition) is 4. The van der Waals surface area contributed by atoms with Gasteiger partial charge in [0.1, 0.15) is 6.04 Å². The van der Waals surface area contributed by atoms with E-state index in [1.807, 2.05) is 33.9 Å². The zero-order chi connectivity index (χ0) is 18.1. The summed E-state index contributed by atoms with van der Waals surface area (Å²) in [6, 6.07) is -1.19. The Morgan fingerprint density at radius 3 is 2.71 bits per heavy atom. The maximum atomic E-state index is 12.5. The molecule has 1 aliphatic heterocycles. The first kappa shape index (κ1) is 18.9. The van der Waals surface area contributed by atoms with Crippen LogP contribution in [0.4, 0.5) is 0 Å². The fourth-order valence-corrected chi connectivity index (χ4v) is 4.04. The summed E-state index contributed by atoms with van der Waals surface area (Å²) < 4.78 is 30.4. The largest absolute Gasteiger partial charge is 0.354 e. The Kier molecular flexibility index (Phi) is 5.67. The molecule has 0 bridgehead atoms. The van der Waals surface area contributed by atoms with Gasteiger partial charge < -0.3 is 5.32 Å². The lowest BCUT2D eigenvalue weighted by Gasteiger charge is -2.36. The molecule has 1 fully saturated rings. The van der Waals surface area contributed by atoms with Gasteiger partial charge in [0, 0.05) is 31.9 Å². The first-order valence-electron chi connectivity index (χ1n) is 8.22. The van der Waals surface area contributed by atoms with Crippen molar-refractivity contribution in [2.75, 3.05) is 13.6 Å². The predicted octanol–water partition coefficient (Wildman–Crippen LogP) is 0.563. The molecule has 0 aliphatic carbocycles. The highest BCUT2D eigenvalue weighted by Crippen LogP contribution is 2.29. The van der Waals surface area contributed by atoms with E-state index < -0.39 is 22.3 Å². The van der Waals surface area contributed by atoms with Gasteiger partial charge in [-0.2, -0.15) is 22.5 Å². The Hall–Kier alpha value is -1.45. The number of carbonyl (C=O) groups excluding carboxylic acids is 1. The van der Waals surface area contributed by atoms with Crippen LogP contribution < -0.4 is 10.0 Å². The Morgan fingerprint density at radius 1 is 1.50 bits per heavy atom. The van der Waals surface area contributed by atoms with E-state index in [2.05, 4.69) is 15.1 Å². The maximum absolute atomic E-state index is 12.5. The molecule has 136 valence electrons. The molecule has 2 unspecified atom stereocenters. The lowest BCUT2D eigenvalue weighted by Crippen LogP contribution is -2.57. The van der Waals surface area contributed by atoms with Crippen LogP contribution in [-0.2, 0) is 21.5 Å². The van der Waals surface area contributed by atoms with Crippen LogP contribution in [0.25, 0.3) is 0 Å². The van der Waals surface area contributed by atoms with Crippen LogP contribution in [0.5, 0.6) is 0 Å². The van der Waals surface area contributed by atoms with Crippen LogP contribution in [-0.4, -0.2) is 48.0 Å². The summed E-state index contributed by atoms with van der Waals surface area (Å²) in [5.74, 6) is 0.0419. The van der Waals surface area contributed by atoms with Crippen molar-refractivity contribution in [1.82, 2.24) is 24.1 Å². The number of nitrogens with one attached hydrogen (secondary N) is 2. The average molecular weight is 357 g/mol. The Labute approximate surface area is 143 Å². The van der Waals surface area contributed by atoms with Crippen LogP contribution in [0.15, 0.2) is 6.20 Å². The average Bonchev–Trinajstić information content (AvgIpc) is 2.88. The van der Waals surface area contributed by atoms with Crippen molar-refractivity contribution in [1.29, 1.82) is 0 Å². The van der Waals surface area contributed by atoms with E-state index >= 15 is 0 Å². The fourth-order valence-electron chi connectivity index (χ4n) is 2.77. The van der Waals surface area contributed by atoms with Crippen molar-refractivity contribution in [3.05, 3.63) is 17.5 Å². The Bertz CT molecular complexity index is 698. The van der Waals surface area contributed by atoms with Gasteiger partial charge in [-0.25, -0.2) is 0 Å². The van der Waals surface area contributed by atoms with Crippen LogP contribution in [0, 0.1) is 12.8 Å². The molecule has 1 saturated heterocycles. The zero-order valence-corrected chi connectivity index (χ0v) is 15.7. The summed E-state index contributed by atoms with van der Waals surface area (Å²) in [5, 5.41) is 7.20. The molecule has 0 radical (unpaired) electrons. The fraction of sp³-hybridized carbons (Fsp3) is 0.733. The molecule has 2 N–H and O–H groups in total. The highest BCUT2D eigenvalue weighted by Gasteiger charge is 2.41. The molecule has 2 heterocycles. The Morgan fingerprint density at radius 2 is 2.17 bits per heavy atom. The van der Waals surface area contributed by atoms with Crippen molar-refractivity contribution >= 4 is 16.1 Å². The molecule has 0 saturated carbocycles. The molecule has 0 aromatic carbocycles. The number of carbonyl (C=O) groups is 1. The standard InChI is InChI=1S/C15H27N5O3S/c1-6-20-9-12(11(4)17-20)13-7-14(15(21)16-8-10(2)3)19(5)24(22,23)18-13/h9-10,13-14,18H,6-8H2,1-5H3,(H,16,21). The molecule has 1 amide bonds. The van der Waals surface area contributed by atoms with E-state index in [1.54, 1.807) is 4.68 Å². The highest BCUT2D eigenvalue weighted by molar-refractivity contribution is 7.87. The van der Waals surface area contributed by atoms with E-state index in [1.165, 1.54) is 7.05 Å². The van der Waals surface area contributed by atoms with Gasteiger partial charge in [-0.05, 0) is 26.2 Å². The molecule has 9 heteroatoms. The van der Waals surface area contributed by atoms with Gasteiger partial charge in [-0.1, -0.05) is 13.8 Å². The van der Waals surface area contributed by atoms with Gasteiger partial charge in [-0.15, -0.1) is 0 Å². The normalized spacial score (nSPS) is 24.2. The monoisotopic (exact) mass is 357 g/mol. The molecule has 0 spiro atoms. The molecule has 2 rings (SSSR count). The lowest BCUT2D eigenvalue weighted by molar-refractivity contribution is -0.125. The zero-order valence-electron chi connectivity index (χ0n) is 14.9. The molecule has 1 aromatic heterocycles. The summed E-state index contributed by atoms with van der Waals surface area (Å²) >= 11 is 0. The number of likely N-dealkylation sites (N-methyl/N-ethyl adjacent to an activating group) is 1. The van der Waals surface area contributed by atoms with E-state index in [4.69, 9.17) is 0 Å². The van der Waals surface area contributed by atoms with Crippen molar-refractivity contribution in [2.24, 2.45) is 5.92 Å². The van der Waals surface area contributed by atoms with Gasteiger partial charge in [0.05, 0.1) is 11.7 Å². The number of amides is 1. The summed E-state index contributed by atoms with van der Waals surface area (Å²) in [6.45, 7) is 9.04. The van der Waals surface area contributed by atoms with E-state index in [9.17, 15) is 13.2 Å². The topological polar surface area (TPSA) is 96.3 Å². The summed E-state index contributed by atoms with van der Waals surface area (Å²) in [7, 11) is -2.29. The molecular weight excluding hydrogens is 330 g/mol. The maximum Gasteiger partial charge on any atom is 0.280 e. The molecule has 8 nitrogen and oxygen atoms in total. The molecule has 2 atom stereocenters. The van der Waals surface area contributed by atoms with Crippen molar-refractivity contribution < 1.29 is 13.2 Å². The molecular formula is C15H27N5O3S. The number of aryl methyl sites for hydroxylation is 2. The summed E-state index contributed by atoms with van der Waals surface area (Å²) in [6.07, 6.45) is 2.22. The third-order valence-electron chi connectivity index (χ3n) is 4.24. The van der Waals surface area contributed by atoms with Crippen molar-refractivity contribution in [2.45, 2.75) is 52.7 Å². The van der Waals surface area contributed by atoms with E-state index in [0.29, 0.717) is 25.4 Å². The third kappa shape index (κ3) is 3.96. The number of nitrogens with zero attached hydrogens (tertiary/aromatic N) is 3. The van der Waals surface area contributed by atoms with Crippen molar-refractivity contribution in [3.63, 3.8) is 0 Å². The Balaban J connectivity index is 2.26. The first-order chi connectivity index (χ1) is 11.2. The predicted molar refractivity (Wildman–Crippen MR) is 91.5 cm³/mol.